The molecule has 32 heavy (non-hydrogen) atoms. The van der Waals surface area contributed by atoms with E-state index in [-0.39, 0.29) is 21.3 Å². The summed E-state index contributed by atoms with van der Waals surface area (Å²) in [6, 6.07) is 8.13. The summed E-state index contributed by atoms with van der Waals surface area (Å²) in [6.45, 7) is 1.59. The van der Waals surface area contributed by atoms with E-state index in [1.54, 1.807) is 20.3 Å². The van der Waals surface area contributed by atoms with Gasteiger partial charge < -0.3 is 14.8 Å². The van der Waals surface area contributed by atoms with Crippen LogP contribution in [0, 0.1) is 0 Å². The number of hydrogen-bond donors (Lipinski definition) is 1. The number of rotatable bonds is 6. The molecule has 2 aliphatic rings. The van der Waals surface area contributed by atoms with E-state index in [1.165, 1.54) is 22.5 Å². The van der Waals surface area contributed by atoms with Crippen LogP contribution in [0.1, 0.15) is 34.3 Å². The number of methoxy groups -OCH3 is 2. The third-order valence-electron chi connectivity index (χ3n) is 5.78. The first-order valence-corrected chi connectivity index (χ1v) is 12.2. The monoisotopic (exact) mass is 476 g/mol. The molecule has 170 valence electrons. The zero-order chi connectivity index (χ0) is 22.9. The Labute approximate surface area is 193 Å². The molecule has 9 heteroatoms. The van der Waals surface area contributed by atoms with Gasteiger partial charge in [-0.05, 0) is 55.2 Å². The Hall–Kier alpha value is -2.55. The molecule has 0 saturated carbocycles. The first-order valence-electron chi connectivity index (χ1n) is 10.4. The third-order valence-corrected chi connectivity index (χ3v) is 8.16. The van der Waals surface area contributed by atoms with Gasteiger partial charge in [-0.15, -0.1) is 0 Å². The van der Waals surface area contributed by atoms with Gasteiger partial charge in [0.05, 0.1) is 19.2 Å². The molecule has 2 aromatic carbocycles. The van der Waals surface area contributed by atoms with Crippen molar-refractivity contribution in [2.45, 2.75) is 24.2 Å². The predicted octanol–water partition coefficient (Wildman–Crippen LogP) is 3.51. The van der Waals surface area contributed by atoms with Gasteiger partial charge in [0, 0.05) is 42.5 Å². The van der Waals surface area contributed by atoms with Gasteiger partial charge in [-0.2, -0.15) is 4.31 Å². The Morgan fingerprint density at radius 1 is 1.09 bits per heavy atom. The van der Waals surface area contributed by atoms with E-state index in [9.17, 15) is 13.2 Å². The number of carbonyl (C=O) groups excluding carboxylic acids is 1. The van der Waals surface area contributed by atoms with Crippen molar-refractivity contribution < 1.29 is 22.7 Å². The summed E-state index contributed by atoms with van der Waals surface area (Å²) in [5.41, 5.74) is 2.79. The lowest BCUT2D eigenvalue weighted by Gasteiger charge is -2.23. The average molecular weight is 477 g/mol. The zero-order valence-corrected chi connectivity index (χ0v) is 19.6. The molecule has 1 fully saturated rings. The molecule has 4 rings (SSSR count). The molecule has 1 N–H and O–H groups in total. The number of ether oxygens (including phenoxy) is 2. The van der Waals surface area contributed by atoms with E-state index in [0.717, 1.165) is 30.4 Å². The van der Waals surface area contributed by atoms with E-state index < -0.39 is 10.0 Å². The van der Waals surface area contributed by atoms with Crippen molar-refractivity contribution in [1.29, 1.82) is 0 Å². The molecule has 0 amide bonds. The zero-order valence-electron chi connectivity index (χ0n) is 18.0. The quantitative estimate of drug-likeness (QED) is 0.507. The van der Waals surface area contributed by atoms with Gasteiger partial charge in [0.1, 0.15) is 4.90 Å². The first kappa shape index (κ1) is 22.6. The molecule has 2 heterocycles. The maximum atomic E-state index is 13.1. The van der Waals surface area contributed by atoms with E-state index >= 15 is 0 Å². The highest BCUT2D eigenvalue weighted by molar-refractivity contribution is 7.89. The molecule has 0 unspecified atom stereocenters. The summed E-state index contributed by atoms with van der Waals surface area (Å²) in [6.07, 6.45) is 3.90. The van der Waals surface area contributed by atoms with E-state index in [2.05, 4.69) is 5.32 Å². The lowest BCUT2D eigenvalue weighted by molar-refractivity contribution is 0.104. The van der Waals surface area contributed by atoms with Crippen LogP contribution in [0.3, 0.4) is 0 Å². The predicted molar refractivity (Wildman–Crippen MR) is 123 cm³/mol. The van der Waals surface area contributed by atoms with Gasteiger partial charge in [-0.1, -0.05) is 11.6 Å². The summed E-state index contributed by atoms with van der Waals surface area (Å²) in [5, 5.41) is 3.37. The minimum absolute atomic E-state index is 0.0336. The first-order chi connectivity index (χ1) is 15.3. The van der Waals surface area contributed by atoms with Crippen LogP contribution in [0.5, 0.6) is 11.5 Å². The molecular weight excluding hydrogens is 452 g/mol. The van der Waals surface area contributed by atoms with E-state index in [4.69, 9.17) is 21.1 Å². The highest BCUT2D eigenvalue weighted by atomic mass is 35.5. The number of nitrogens with one attached hydrogen (secondary N) is 1. The Kier molecular flexibility index (Phi) is 6.46. The molecule has 0 spiro atoms. The van der Waals surface area contributed by atoms with Crippen LogP contribution in [-0.2, 0) is 16.4 Å². The Bertz CT molecular complexity index is 1190. The Morgan fingerprint density at radius 3 is 2.47 bits per heavy atom. The summed E-state index contributed by atoms with van der Waals surface area (Å²) < 4.78 is 38.2. The topological polar surface area (TPSA) is 84.9 Å². The molecule has 7 nitrogen and oxygen atoms in total. The minimum atomic E-state index is -3.74. The van der Waals surface area contributed by atoms with Gasteiger partial charge in [0.15, 0.2) is 17.3 Å². The maximum absolute atomic E-state index is 13.1. The third kappa shape index (κ3) is 4.22. The normalized spacial score (nSPS) is 17.7. The largest absolute Gasteiger partial charge is 0.493 e. The van der Waals surface area contributed by atoms with Crippen molar-refractivity contribution in [3.8, 4) is 11.5 Å². The second-order valence-electron chi connectivity index (χ2n) is 7.72. The summed E-state index contributed by atoms with van der Waals surface area (Å²) in [4.78, 5) is 13.1. The van der Waals surface area contributed by atoms with Crippen LogP contribution >= 0.6 is 11.6 Å². The number of carbonyl (C=O) groups is 1. The van der Waals surface area contributed by atoms with Crippen molar-refractivity contribution in [2.24, 2.45) is 0 Å². The van der Waals surface area contributed by atoms with E-state index in [0.29, 0.717) is 36.8 Å². The highest BCUT2D eigenvalue weighted by Crippen LogP contribution is 2.35. The van der Waals surface area contributed by atoms with Crippen molar-refractivity contribution in [3.05, 3.63) is 58.1 Å². The second kappa shape index (κ2) is 9.13. The van der Waals surface area contributed by atoms with Crippen LogP contribution in [0.2, 0.25) is 5.02 Å². The van der Waals surface area contributed by atoms with Crippen LogP contribution in [-0.4, -0.2) is 52.4 Å². The fourth-order valence-electron chi connectivity index (χ4n) is 4.07. The van der Waals surface area contributed by atoms with Gasteiger partial charge in [-0.25, -0.2) is 8.42 Å². The number of allylic oxidation sites excluding steroid dienone is 1. The lowest BCUT2D eigenvalue weighted by Crippen LogP contribution is -2.28. The number of fused-ring (bicyclic) bond motifs is 1. The van der Waals surface area contributed by atoms with Crippen LogP contribution in [0.4, 0.5) is 0 Å². The standard InChI is InChI=1S/C23H25ClN2O5S/c1-30-21-11-15-7-8-25-19(17(15)13-22(21)31-2)14-20(27)16-5-6-18(24)23(12-16)32(28,29)26-9-3-4-10-26/h5-6,11-14,25H,3-4,7-10H2,1-2H3. The summed E-state index contributed by atoms with van der Waals surface area (Å²) >= 11 is 6.21. The summed E-state index contributed by atoms with van der Waals surface area (Å²) in [5.74, 6) is 0.886. The van der Waals surface area contributed by atoms with Gasteiger partial charge in [0.25, 0.3) is 0 Å². The average Bonchev–Trinajstić information content (AvgIpc) is 3.34. The van der Waals surface area contributed by atoms with Crippen molar-refractivity contribution >= 4 is 33.1 Å². The fourth-order valence-corrected chi connectivity index (χ4v) is 6.09. The van der Waals surface area contributed by atoms with E-state index in [1.807, 2.05) is 12.1 Å². The number of nitrogens with zero attached hydrogens (tertiary/aromatic N) is 1. The SMILES string of the molecule is COc1cc2c(cc1OC)C(=CC(=O)c1ccc(Cl)c(S(=O)(=O)N3CCCC3)c1)NCC2. The fraction of sp³-hybridized carbons (Fsp3) is 0.348. The molecule has 2 aliphatic heterocycles. The molecule has 0 bridgehead atoms. The number of hydrogen-bond acceptors (Lipinski definition) is 6. The van der Waals surface area contributed by atoms with Crippen LogP contribution < -0.4 is 14.8 Å². The van der Waals surface area contributed by atoms with Crippen molar-refractivity contribution in [2.75, 3.05) is 33.9 Å². The van der Waals surface area contributed by atoms with Gasteiger partial charge in [-0.3, -0.25) is 4.79 Å². The lowest BCUT2D eigenvalue weighted by atomic mass is 9.95. The molecule has 1 saturated heterocycles. The molecule has 0 aliphatic carbocycles. The molecule has 2 aromatic rings. The summed E-state index contributed by atoms with van der Waals surface area (Å²) in [7, 11) is -0.598. The van der Waals surface area contributed by atoms with Gasteiger partial charge in [0.2, 0.25) is 10.0 Å². The highest BCUT2D eigenvalue weighted by Gasteiger charge is 2.30. The Balaban J connectivity index is 1.70. The minimum Gasteiger partial charge on any atom is -0.493 e. The van der Waals surface area contributed by atoms with Crippen molar-refractivity contribution in [1.82, 2.24) is 9.62 Å². The second-order valence-corrected chi connectivity index (χ2v) is 10.0. The molecular formula is C23H25ClN2O5S. The maximum Gasteiger partial charge on any atom is 0.244 e. The van der Waals surface area contributed by atoms with Crippen molar-refractivity contribution in [3.63, 3.8) is 0 Å². The molecule has 0 radical (unpaired) electrons. The number of halogens is 1. The molecule has 0 aromatic heterocycles. The number of ketones is 1. The van der Waals surface area contributed by atoms with Crippen LogP contribution in [0.25, 0.3) is 5.70 Å². The molecule has 0 atom stereocenters. The number of sulfonamides is 1. The van der Waals surface area contributed by atoms with Gasteiger partial charge >= 0.3 is 0 Å². The van der Waals surface area contributed by atoms with Crippen LogP contribution in [0.15, 0.2) is 41.3 Å². The number of benzene rings is 2. The Morgan fingerprint density at radius 2 is 1.78 bits per heavy atom. The smallest absolute Gasteiger partial charge is 0.244 e.